The third-order valence-corrected chi connectivity index (χ3v) is 4.00. The Labute approximate surface area is 160 Å². The van der Waals surface area contributed by atoms with Gasteiger partial charge < -0.3 is 19.2 Å². The number of nitrogens with zero attached hydrogens (tertiary/aromatic N) is 1. The van der Waals surface area contributed by atoms with Gasteiger partial charge in [-0.3, -0.25) is 4.79 Å². The summed E-state index contributed by atoms with van der Waals surface area (Å²) in [6.07, 6.45) is 3.00. The largest absolute Gasteiger partial charge is 0.493 e. The number of hydrogen-bond acceptors (Lipinski definition) is 5. The van der Waals surface area contributed by atoms with E-state index < -0.39 is 5.91 Å². The standard InChI is InChI=1S/C19H19BrN2O4/c1-12(2)26-18-9-16(20)13(8-17(18)24-3)7-14(10-21)19(23)22-11-15-5-4-6-25-15/h4-9,12H,11H2,1-3H3,(H,22,23). The van der Waals surface area contributed by atoms with E-state index in [2.05, 4.69) is 21.2 Å². The lowest BCUT2D eigenvalue weighted by atomic mass is 10.1. The Morgan fingerprint density at radius 2 is 2.19 bits per heavy atom. The number of methoxy groups -OCH3 is 1. The van der Waals surface area contributed by atoms with E-state index in [-0.39, 0.29) is 18.2 Å². The Morgan fingerprint density at radius 3 is 2.77 bits per heavy atom. The first-order chi connectivity index (χ1) is 12.4. The molecule has 6 nitrogen and oxygen atoms in total. The predicted octanol–water partition coefficient (Wildman–Crippen LogP) is 4.06. The van der Waals surface area contributed by atoms with Crippen molar-refractivity contribution in [2.45, 2.75) is 26.5 Å². The summed E-state index contributed by atoms with van der Waals surface area (Å²) < 4.78 is 16.9. The number of benzene rings is 1. The first-order valence-electron chi connectivity index (χ1n) is 7.91. The van der Waals surface area contributed by atoms with Crippen molar-refractivity contribution in [1.29, 1.82) is 5.26 Å². The van der Waals surface area contributed by atoms with Crippen LogP contribution in [0.25, 0.3) is 6.08 Å². The molecule has 0 unspecified atom stereocenters. The number of rotatable bonds is 7. The van der Waals surface area contributed by atoms with Gasteiger partial charge in [-0.1, -0.05) is 15.9 Å². The SMILES string of the molecule is COc1cc(C=C(C#N)C(=O)NCc2ccco2)c(Br)cc1OC(C)C. The summed E-state index contributed by atoms with van der Waals surface area (Å²) >= 11 is 3.44. The van der Waals surface area contributed by atoms with Gasteiger partial charge in [0, 0.05) is 4.47 Å². The Kier molecular flexibility index (Phi) is 6.87. The normalized spacial score (nSPS) is 11.2. The van der Waals surface area contributed by atoms with E-state index in [1.54, 1.807) is 24.3 Å². The van der Waals surface area contributed by atoms with Crippen molar-refractivity contribution in [3.63, 3.8) is 0 Å². The molecule has 2 rings (SSSR count). The van der Waals surface area contributed by atoms with Crippen LogP contribution in [0.1, 0.15) is 25.2 Å². The van der Waals surface area contributed by atoms with Crippen LogP contribution in [0.4, 0.5) is 0 Å². The van der Waals surface area contributed by atoms with Crippen molar-refractivity contribution < 1.29 is 18.7 Å². The molecule has 0 aliphatic carbocycles. The number of nitriles is 1. The van der Waals surface area contributed by atoms with Crippen LogP contribution in [-0.4, -0.2) is 19.1 Å². The molecule has 136 valence electrons. The molecule has 1 heterocycles. The van der Waals surface area contributed by atoms with Crippen LogP contribution >= 0.6 is 15.9 Å². The molecule has 0 radical (unpaired) electrons. The number of halogens is 1. The Bertz CT molecular complexity index is 836. The van der Waals surface area contributed by atoms with Crippen LogP contribution in [0, 0.1) is 11.3 Å². The molecular weight excluding hydrogens is 400 g/mol. The van der Waals surface area contributed by atoms with Gasteiger partial charge in [-0.05, 0) is 49.8 Å². The summed E-state index contributed by atoms with van der Waals surface area (Å²) in [5, 5.41) is 12.0. The number of amides is 1. The van der Waals surface area contributed by atoms with Gasteiger partial charge in [-0.15, -0.1) is 0 Å². The summed E-state index contributed by atoms with van der Waals surface area (Å²) in [6.45, 7) is 4.03. The lowest BCUT2D eigenvalue weighted by Gasteiger charge is -2.15. The molecule has 0 saturated carbocycles. The smallest absolute Gasteiger partial charge is 0.262 e. The lowest BCUT2D eigenvalue weighted by molar-refractivity contribution is -0.117. The molecule has 1 amide bonds. The van der Waals surface area contributed by atoms with Gasteiger partial charge in [0.1, 0.15) is 17.4 Å². The van der Waals surface area contributed by atoms with E-state index in [4.69, 9.17) is 13.9 Å². The molecule has 0 aliphatic rings. The van der Waals surface area contributed by atoms with Gasteiger partial charge in [0.2, 0.25) is 0 Å². The Hall–Kier alpha value is -2.72. The number of nitrogens with one attached hydrogen (secondary N) is 1. The highest BCUT2D eigenvalue weighted by Gasteiger charge is 2.14. The molecule has 0 fully saturated rings. The van der Waals surface area contributed by atoms with Crippen LogP contribution in [-0.2, 0) is 11.3 Å². The zero-order chi connectivity index (χ0) is 19.1. The van der Waals surface area contributed by atoms with Crippen LogP contribution in [0.2, 0.25) is 0 Å². The average Bonchev–Trinajstić information content (AvgIpc) is 3.12. The van der Waals surface area contributed by atoms with E-state index in [1.807, 2.05) is 19.9 Å². The summed E-state index contributed by atoms with van der Waals surface area (Å²) in [5.74, 6) is 1.21. The zero-order valence-corrected chi connectivity index (χ0v) is 16.3. The second-order valence-electron chi connectivity index (χ2n) is 5.62. The lowest BCUT2D eigenvalue weighted by Crippen LogP contribution is -2.23. The molecule has 0 saturated heterocycles. The minimum atomic E-state index is -0.489. The quantitative estimate of drug-likeness (QED) is 0.541. The number of carbonyl (C=O) groups is 1. The summed E-state index contributed by atoms with van der Waals surface area (Å²) in [6, 6.07) is 8.85. The van der Waals surface area contributed by atoms with Crippen LogP contribution in [0.5, 0.6) is 11.5 Å². The predicted molar refractivity (Wildman–Crippen MR) is 101 cm³/mol. The van der Waals surface area contributed by atoms with Gasteiger partial charge in [0.25, 0.3) is 5.91 Å². The first kappa shape index (κ1) is 19.6. The summed E-state index contributed by atoms with van der Waals surface area (Å²) in [4.78, 5) is 12.2. The summed E-state index contributed by atoms with van der Waals surface area (Å²) in [7, 11) is 1.53. The Morgan fingerprint density at radius 1 is 1.42 bits per heavy atom. The minimum Gasteiger partial charge on any atom is -0.493 e. The molecule has 7 heteroatoms. The third-order valence-electron chi connectivity index (χ3n) is 3.31. The third kappa shape index (κ3) is 5.14. The van der Waals surface area contributed by atoms with Crippen molar-refractivity contribution in [1.82, 2.24) is 5.32 Å². The molecule has 1 N–H and O–H groups in total. The fourth-order valence-corrected chi connectivity index (χ4v) is 2.58. The van der Waals surface area contributed by atoms with Gasteiger partial charge in [0.05, 0.1) is 26.0 Å². The number of furan rings is 1. The van der Waals surface area contributed by atoms with Gasteiger partial charge in [-0.2, -0.15) is 5.26 Å². The fourth-order valence-electron chi connectivity index (χ4n) is 2.15. The maximum absolute atomic E-state index is 12.2. The number of ether oxygens (including phenoxy) is 2. The van der Waals surface area contributed by atoms with Gasteiger partial charge >= 0.3 is 0 Å². The zero-order valence-electron chi connectivity index (χ0n) is 14.7. The van der Waals surface area contributed by atoms with Crippen LogP contribution in [0.3, 0.4) is 0 Å². The van der Waals surface area contributed by atoms with E-state index in [1.165, 1.54) is 19.4 Å². The van der Waals surface area contributed by atoms with Gasteiger partial charge in [-0.25, -0.2) is 0 Å². The number of hydrogen-bond donors (Lipinski definition) is 1. The van der Waals surface area contributed by atoms with Crippen molar-refractivity contribution in [3.8, 4) is 17.6 Å². The average molecular weight is 419 g/mol. The molecule has 1 aromatic carbocycles. The first-order valence-corrected chi connectivity index (χ1v) is 8.70. The topological polar surface area (TPSA) is 84.5 Å². The molecule has 1 aromatic heterocycles. The van der Waals surface area contributed by atoms with Crippen molar-refractivity contribution >= 4 is 27.9 Å². The highest BCUT2D eigenvalue weighted by atomic mass is 79.9. The van der Waals surface area contributed by atoms with Crippen molar-refractivity contribution in [3.05, 3.63) is 51.9 Å². The van der Waals surface area contributed by atoms with Crippen molar-refractivity contribution in [2.75, 3.05) is 7.11 Å². The molecule has 0 aliphatic heterocycles. The maximum atomic E-state index is 12.2. The maximum Gasteiger partial charge on any atom is 0.262 e. The second-order valence-corrected chi connectivity index (χ2v) is 6.48. The van der Waals surface area contributed by atoms with E-state index in [0.29, 0.717) is 27.3 Å². The molecule has 26 heavy (non-hydrogen) atoms. The monoisotopic (exact) mass is 418 g/mol. The van der Waals surface area contributed by atoms with Crippen molar-refractivity contribution in [2.24, 2.45) is 0 Å². The molecular formula is C19H19BrN2O4. The van der Waals surface area contributed by atoms with Gasteiger partial charge in [0.15, 0.2) is 11.5 Å². The summed E-state index contributed by atoms with van der Waals surface area (Å²) in [5.41, 5.74) is 0.597. The second kappa shape index (κ2) is 9.11. The molecule has 2 aromatic rings. The fraction of sp³-hybridized carbons (Fsp3) is 0.263. The van der Waals surface area contributed by atoms with E-state index >= 15 is 0 Å². The highest BCUT2D eigenvalue weighted by Crippen LogP contribution is 2.35. The van der Waals surface area contributed by atoms with Crippen LogP contribution < -0.4 is 14.8 Å². The molecule has 0 atom stereocenters. The van der Waals surface area contributed by atoms with E-state index in [0.717, 1.165) is 0 Å². The van der Waals surface area contributed by atoms with Crippen LogP contribution in [0.15, 0.2) is 45.0 Å². The highest BCUT2D eigenvalue weighted by molar-refractivity contribution is 9.10. The molecule has 0 bridgehead atoms. The van der Waals surface area contributed by atoms with E-state index in [9.17, 15) is 10.1 Å². The molecule has 0 spiro atoms. The number of carbonyl (C=O) groups excluding carboxylic acids is 1. The minimum absolute atomic E-state index is 0.0146. The Balaban J connectivity index is 2.24.